The van der Waals surface area contributed by atoms with Crippen molar-refractivity contribution in [3.8, 4) is 5.75 Å². The van der Waals surface area contributed by atoms with E-state index in [0.717, 1.165) is 16.7 Å². The molecule has 1 saturated heterocycles. The van der Waals surface area contributed by atoms with Crippen LogP contribution in [-0.4, -0.2) is 28.9 Å². The number of methoxy groups -OCH3 is 1. The highest BCUT2D eigenvalue weighted by Gasteiger charge is 2.48. The van der Waals surface area contributed by atoms with Gasteiger partial charge in [-0.25, -0.2) is 9.37 Å². The standard InChI is InChI=1S/C27H21FN2O4S/c1-3-15-7-12-20-21(13-15)35-27(29-20)30-23(17-5-4-6-19(14-17)34-2)22(25(32)26(30)33)24(31)16-8-10-18(28)11-9-16/h4-14,23,31H,3H2,1-2H3/t23-/m1/s1. The number of aryl methyl sites for hydroxylation is 1. The van der Waals surface area contributed by atoms with Crippen molar-refractivity contribution in [2.45, 2.75) is 19.4 Å². The van der Waals surface area contributed by atoms with Gasteiger partial charge >= 0.3 is 5.91 Å². The molecule has 176 valence electrons. The molecule has 4 aromatic rings. The van der Waals surface area contributed by atoms with Crippen LogP contribution in [0.1, 0.15) is 29.7 Å². The van der Waals surface area contributed by atoms with E-state index in [9.17, 15) is 19.1 Å². The number of anilines is 1. The third-order valence-corrected chi connectivity index (χ3v) is 7.04. The lowest BCUT2D eigenvalue weighted by atomic mass is 9.95. The molecule has 1 amide bonds. The van der Waals surface area contributed by atoms with Crippen LogP contribution in [0.3, 0.4) is 0 Å². The number of aliphatic hydroxyl groups is 1. The third-order valence-electron chi connectivity index (χ3n) is 6.03. The Bertz CT molecular complexity index is 1490. The smallest absolute Gasteiger partial charge is 0.301 e. The number of aromatic nitrogens is 1. The minimum atomic E-state index is -0.943. The summed E-state index contributed by atoms with van der Waals surface area (Å²) in [7, 11) is 1.52. The summed E-state index contributed by atoms with van der Waals surface area (Å²) < 4.78 is 19.7. The van der Waals surface area contributed by atoms with Crippen molar-refractivity contribution in [3.05, 3.63) is 94.8 Å². The van der Waals surface area contributed by atoms with Gasteiger partial charge in [-0.05, 0) is 66.1 Å². The molecule has 8 heteroatoms. The average molecular weight is 489 g/mol. The molecular weight excluding hydrogens is 467 g/mol. The number of carbonyl (C=O) groups is 2. The number of ketones is 1. The number of fused-ring (bicyclic) bond motifs is 1. The molecule has 1 fully saturated rings. The van der Waals surface area contributed by atoms with Gasteiger partial charge in [0.25, 0.3) is 5.78 Å². The summed E-state index contributed by atoms with van der Waals surface area (Å²) in [6, 6.07) is 17.0. The van der Waals surface area contributed by atoms with Gasteiger partial charge in [-0.2, -0.15) is 0 Å². The molecule has 0 saturated carbocycles. The Morgan fingerprint density at radius 3 is 2.60 bits per heavy atom. The molecule has 1 aromatic heterocycles. The van der Waals surface area contributed by atoms with Crippen molar-refractivity contribution >= 4 is 44.1 Å². The molecule has 6 nitrogen and oxygen atoms in total. The largest absolute Gasteiger partial charge is 0.507 e. The zero-order valence-electron chi connectivity index (χ0n) is 19.0. The molecule has 2 heterocycles. The van der Waals surface area contributed by atoms with Gasteiger partial charge < -0.3 is 9.84 Å². The van der Waals surface area contributed by atoms with E-state index in [1.807, 2.05) is 18.2 Å². The minimum Gasteiger partial charge on any atom is -0.507 e. The van der Waals surface area contributed by atoms with Gasteiger partial charge in [-0.3, -0.25) is 14.5 Å². The fraction of sp³-hybridized carbons (Fsp3) is 0.148. The van der Waals surface area contributed by atoms with Crippen molar-refractivity contribution in [1.82, 2.24) is 4.98 Å². The van der Waals surface area contributed by atoms with Gasteiger partial charge in [-0.1, -0.05) is 36.5 Å². The summed E-state index contributed by atoms with van der Waals surface area (Å²) in [6.45, 7) is 2.06. The van der Waals surface area contributed by atoms with E-state index >= 15 is 0 Å². The zero-order valence-corrected chi connectivity index (χ0v) is 19.8. The summed E-state index contributed by atoms with van der Waals surface area (Å²) in [5, 5.41) is 11.5. The van der Waals surface area contributed by atoms with E-state index in [-0.39, 0.29) is 16.9 Å². The van der Waals surface area contributed by atoms with Crippen molar-refractivity contribution in [3.63, 3.8) is 0 Å². The first-order valence-electron chi connectivity index (χ1n) is 11.0. The van der Waals surface area contributed by atoms with Crippen LogP contribution in [0.15, 0.2) is 72.3 Å². The lowest BCUT2D eigenvalue weighted by Crippen LogP contribution is -2.29. The second-order valence-electron chi connectivity index (χ2n) is 8.10. The normalized spacial score (nSPS) is 17.3. The van der Waals surface area contributed by atoms with Gasteiger partial charge in [0, 0.05) is 5.56 Å². The lowest BCUT2D eigenvalue weighted by Gasteiger charge is -2.23. The number of hydrogen-bond acceptors (Lipinski definition) is 6. The number of ether oxygens (including phenoxy) is 1. The maximum atomic E-state index is 13.5. The molecule has 0 spiro atoms. The number of amides is 1. The third kappa shape index (κ3) is 3.95. The van der Waals surface area contributed by atoms with Crippen LogP contribution in [0.25, 0.3) is 16.0 Å². The molecule has 0 unspecified atom stereocenters. The second kappa shape index (κ2) is 8.96. The molecule has 0 radical (unpaired) electrons. The van der Waals surface area contributed by atoms with E-state index in [2.05, 4.69) is 11.9 Å². The Morgan fingerprint density at radius 2 is 1.89 bits per heavy atom. The number of nitrogens with zero attached hydrogens (tertiary/aromatic N) is 2. The summed E-state index contributed by atoms with van der Waals surface area (Å²) in [5.74, 6) is -1.96. The van der Waals surface area contributed by atoms with Crippen LogP contribution >= 0.6 is 11.3 Å². The summed E-state index contributed by atoms with van der Waals surface area (Å²) in [4.78, 5) is 32.6. The first-order valence-corrected chi connectivity index (χ1v) is 11.8. The first-order chi connectivity index (χ1) is 16.9. The number of Topliss-reactive ketones (excluding diaryl/α,β-unsaturated/α-hetero) is 1. The Balaban J connectivity index is 1.72. The van der Waals surface area contributed by atoms with Crippen LogP contribution in [0.2, 0.25) is 0 Å². The van der Waals surface area contributed by atoms with Crippen molar-refractivity contribution in [2.75, 3.05) is 12.0 Å². The maximum Gasteiger partial charge on any atom is 0.301 e. The van der Waals surface area contributed by atoms with Crippen LogP contribution in [-0.2, 0) is 16.0 Å². The Kier molecular flexibility index (Phi) is 5.82. The molecule has 1 aliphatic rings. The van der Waals surface area contributed by atoms with Crippen LogP contribution in [0.5, 0.6) is 5.75 Å². The SMILES string of the molecule is CCc1ccc2nc(N3C(=O)C(=O)C(=C(O)c4ccc(F)cc4)[C@H]3c3cccc(OC)c3)sc2c1. The van der Waals surface area contributed by atoms with Gasteiger partial charge in [0.1, 0.15) is 17.3 Å². The number of benzene rings is 3. The Morgan fingerprint density at radius 1 is 1.11 bits per heavy atom. The molecule has 1 atom stereocenters. The molecule has 35 heavy (non-hydrogen) atoms. The predicted molar refractivity (Wildman–Crippen MR) is 133 cm³/mol. The highest BCUT2D eigenvalue weighted by molar-refractivity contribution is 7.22. The Hall–Kier alpha value is -4.04. The van der Waals surface area contributed by atoms with Gasteiger partial charge in [0.05, 0.1) is 28.9 Å². The molecule has 1 N–H and O–H groups in total. The van der Waals surface area contributed by atoms with E-state index in [1.54, 1.807) is 24.3 Å². The Labute approximate surface area is 204 Å². The number of thiazole rings is 1. The first kappa shape index (κ1) is 22.7. The molecule has 0 bridgehead atoms. The number of rotatable bonds is 5. The van der Waals surface area contributed by atoms with Gasteiger partial charge in [0.15, 0.2) is 5.13 Å². The maximum absolute atomic E-state index is 13.5. The van der Waals surface area contributed by atoms with Crippen LogP contribution < -0.4 is 9.64 Å². The van der Waals surface area contributed by atoms with Crippen molar-refractivity contribution in [1.29, 1.82) is 0 Å². The highest BCUT2D eigenvalue weighted by Crippen LogP contribution is 2.44. The molecule has 1 aliphatic heterocycles. The van der Waals surface area contributed by atoms with Gasteiger partial charge in [-0.15, -0.1) is 0 Å². The van der Waals surface area contributed by atoms with E-state index in [0.29, 0.717) is 22.0 Å². The number of hydrogen-bond donors (Lipinski definition) is 1. The quantitative estimate of drug-likeness (QED) is 0.224. The lowest BCUT2D eigenvalue weighted by molar-refractivity contribution is -0.132. The zero-order chi connectivity index (χ0) is 24.7. The van der Waals surface area contributed by atoms with Crippen molar-refractivity contribution in [2.24, 2.45) is 0 Å². The minimum absolute atomic E-state index is 0.0941. The number of halogens is 1. The fourth-order valence-electron chi connectivity index (χ4n) is 4.20. The van der Waals surface area contributed by atoms with Gasteiger partial charge in [0.2, 0.25) is 0 Å². The molecule has 5 rings (SSSR count). The summed E-state index contributed by atoms with van der Waals surface area (Å²) in [6.07, 6.45) is 0.856. The van der Waals surface area contributed by atoms with E-state index in [1.165, 1.54) is 47.6 Å². The van der Waals surface area contributed by atoms with E-state index < -0.39 is 23.5 Å². The summed E-state index contributed by atoms with van der Waals surface area (Å²) >= 11 is 1.31. The topological polar surface area (TPSA) is 79.7 Å². The highest BCUT2D eigenvalue weighted by atomic mass is 32.1. The predicted octanol–water partition coefficient (Wildman–Crippen LogP) is 5.63. The molecular formula is C27H21FN2O4S. The number of aliphatic hydroxyl groups excluding tert-OH is 1. The van der Waals surface area contributed by atoms with Crippen LogP contribution in [0, 0.1) is 5.82 Å². The average Bonchev–Trinajstić information content (AvgIpc) is 3.41. The fourth-order valence-corrected chi connectivity index (χ4v) is 5.26. The molecule has 3 aromatic carbocycles. The number of carbonyl (C=O) groups excluding carboxylic acids is 2. The monoisotopic (exact) mass is 488 g/mol. The summed E-state index contributed by atoms with van der Waals surface area (Å²) in [5.41, 5.74) is 2.56. The second-order valence-corrected chi connectivity index (χ2v) is 9.11. The van der Waals surface area contributed by atoms with E-state index in [4.69, 9.17) is 4.74 Å². The molecule has 0 aliphatic carbocycles. The van der Waals surface area contributed by atoms with Crippen molar-refractivity contribution < 1.29 is 23.8 Å². The van der Waals surface area contributed by atoms with Crippen LogP contribution in [0.4, 0.5) is 9.52 Å².